The number of amides is 1. The first-order valence-corrected chi connectivity index (χ1v) is 14.2. The minimum Gasteiger partial charge on any atom is -0.399 e. The highest BCUT2D eigenvalue weighted by molar-refractivity contribution is 5.93. The fourth-order valence-electron chi connectivity index (χ4n) is 6.36. The van der Waals surface area contributed by atoms with E-state index in [1.807, 2.05) is 37.3 Å². The van der Waals surface area contributed by atoms with Crippen LogP contribution in [-0.2, 0) is 18.3 Å². The van der Waals surface area contributed by atoms with Gasteiger partial charge in [0.25, 0.3) is 0 Å². The Morgan fingerprint density at radius 3 is 2.31 bits per heavy atom. The van der Waals surface area contributed by atoms with Gasteiger partial charge in [0, 0.05) is 35.6 Å². The fourth-order valence-corrected chi connectivity index (χ4v) is 6.36. The van der Waals surface area contributed by atoms with Crippen molar-refractivity contribution >= 4 is 11.6 Å². The lowest BCUT2D eigenvalue weighted by Gasteiger charge is -2.37. The van der Waals surface area contributed by atoms with Gasteiger partial charge in [-0.05, 0) is 92.0 Å². The Morgan fingerprint density at radius 1 is 1.17 bits per heavy atom. The van der Waals surface area contributed by atoms with E-state index in [0.29, 0.717) is 48.9 Å². The number of rotatable bonds is 11. The summed E-state index contributed by atoms with van der Waals surface area (Å²) in [5, 5.41) is 17.4. The van der Waals surface area contributed by atoms with Crippen LogP contribution in [0.4, 0.5) is 0 Å². The van der Waals surface area contributed by atoms with Crippen LogP contribution in [0.3, 0.4) is 0 Å². The van der Waals surface area contributed by atoms with Gasteiger partial charge in [-0.1, -0.05) is 36.5 Å². The molecule has 1 amide bonds. The van der Waals surface area contributed by atoms with Crippen molar-refractivity contribution in [3.05, 3.63) is 105 Å². The SMILES string of the molecule is C=C(N)c1ccc2c(c1)CCc1cc(C(N)=O)ccc1C2(C[C@H](C)NCC(=C)N(C(C)C#N)C1CC1)c1noc(=O)[nH]1. The number of primary amides is 1. The molecular formula is C32H37N7O3. The van der Waals surface area contributed by atoms with Gasteiger partial charge in [-0.15, -0.1) is 0 Å². The average molecular weight is 568 g/mol. The largest absolute Gasteiger partial charge is 0.438 e. The van der Waals surface area contributed by atoms with Crippen LogP contribution >= 0.6 is 0 Å². The molecular weight excluding hydrogens is 530 g/mol. The molecule has 5 rings (SSSR count). The van der Waals surface area contributed by atoms with Crippen LogP contribution in [0.25, 0.3) is 5.70 Å². The first-order valence-electron chi connectivity index (χ1n) is 14.2. The summed E-state index contributed by atoms with van der Waals surface area (Å²) in [5.41, 5.74) is 17.1. The molecule has 0 aliphatic heterocycles. The quantitative estimate of drug-likeness (QED) is 0.274. The molecule has 2 aliphatic rings. The number of benzene rings is 2. The number of nitrogens with zero attached hydrogens (tertiary/aromatic N) is 3. The first kappa shape index (κ1) is 28.9. The van der Waals surface area contributed by atoms with E-state index in [0.717, 1.165) is 46.4 Å². The molecule has 0 spiro atoms. The number of fused-ring (bicyclic) bond motifs is 2. The van der Waals surface area contributed by atoms with E-state index < -0.39 is 17.1 Å². The molecule has 1 aromatic heterocycles. The zero-order chi connectivity index (χ0) is 30.2. The van der Waals surface area contributed by atoms with Crippen LogP contribution in [0.15, 0.2) is 64.6 Å². The monoisotopic (exact) mass is 567 g/mol. The highest BCUT2D eigenvalue weighted by atomic mass is 16.5. The van der Waals surface area contributed by atoms with E-state index >= 15 is 0 Å². The Kier molecular flexibility index (Phi) is 7.80. The molecule has 10 nitrogen and oxygen atoms in total. The second kappa shape index (κ2) is 11.3. The number of hydrogen-bond donors (Lipinski definition) is 4. The van der Waals surface area contributed by atoms with Crippen molar-refractivity contribution in [1.29, 1.82) is 5.26 Å². The third-order valence-corrected chi connectivity index (χ3v) is 8.47. The zero-order valence-electron chi connectivity index (χ0n) is 24.1. The molecule has 0 saturated heterocycles. The van der Waals surface area contributed by atoms with Gasteiger partial charge in [0.1, 0.15) is 6.04 Å². The lowest BCUT2D eigenvalue weighted by atomic mass is 9.67. The Labute approximate surface area is 245 Å². The van der Waals surface area contributed by atoms with Crippen molar-refractivity contribution in [1.82, 2.24) is 20.4 Å². The summed E-state index contributed by atoms with van der Waals surface area (Å²) in [4.78, 5) is 29.5. The summed E-state index contributed by atoms with van der Waals surface area (Å²) < 4.78 is 5.08. The van der Waals surface area contributed by atoms with Gasteiger partial charge < -0.3 is 21.7 Å². The number of nitriles is 1. The molecule has 218 valence electrons. The molecule has 3 aromatic rings. The standard InChI is InChI=1S/C32H37N7O3/c1-18(36-17-20(3)39(19(2)16-33)26-9-10-26)15-32(30-37-31(41)42-38-30)27-11-7-22(21(4)34)13-23(27)5-6-24-14-25(29(35)40)8-12-28(24)32/h7-8,11-14,18-19,26,36H,3-6,9-10,15,17,34H2,1-2H3,(H2,35,40)(H,37,38,41)/t18-,19?,32?/m0/s1. The number of nitrogens with one attached hydrogen (secondary N) is 2. The molecule has 1 heterocycles. The number of carbonyl (C=O) groups is 1. The van der Waals surface area contributed by atoms with Crippen LogP contribution in [0.2, 0.25) is 0 Å². The molecule has 1 saturated carbocycles. The van der Waals surface area contributed by atoms with Gasteiger partial charge in [-0.3, -0.25) is 14.3 Å². The molecule has 0 radical (unpaired) electrons. The Balaban J connectivity index is 1.61. The maximum atomic E-state index is 12.4. The van der Waals surface area contributed by atoms with Gasteiger partial charge in [-0.2, -0.15) is 5.26 Å². The predicted molar refractivity (Wildman–Crippen MR) is 160 cm³/mol. The molecule has 42 heavy (non-hydrogen) atoms. The Bertz CT molecular complexity index is 1580. The number of aromatic amines is 1. The highest BCUT2D eigenvalue weighted by Crippen LogP contribution is 2.47. The highest BCUT2D eigenvalue weighted by Gasteiger charge is 2.45. The average Bonchev–Trinajstić information content (AvgIpc) is 3.72. The van der Waals surface area contributed by atoms with Gasteiger partial charge in [0.2, 0.25) is 5.91 Å². The van der Waals surface area contributed by atoms with Crippen LogP contribution in [0.1, 0.15) is 77.1 Å². The molecule has 2 aliphatic carbocycles. The number of hydrogen-bond acceptors (Lipinski definition) is 8. The van der Waals surface area contributed by atoms with Crippen molar-refractivity contribution in [2.45, 2.75) is 69.5 Å². The summed E-state index contributed by atoms with van der Waals surface area (Å²) >= 11 is 0. The maximum Gasteiger partial charge on any atom is 0.438 e. The molecule has 6 N–H and O–H groups in total. The number of aromatic nitrogens is 2. The van der Waals surface area contributed by atoms with Crippen molar-refractivity contribution in [3.63, 3.8) is 0 Å². The smallest absolute Gasteiger partial charge is 0.399 e. The topological polar surface area (TPSA) is 167 Å². The van der Waals surface area contributed by atoms with Crippen LogP contribution in [-0.4, -0.2) is 45.6 Å². The molecule has 1 fully saturated rings. The third-order valence-electron chi connectivity index (χ3n) is 8.47. The van der Waals surface area contributed by atoms with E-state index in [4.69, 9.17) is 16.0 Å². The maximum absolute atomic E-state index is 12.4. The summed E-state index contributed by atoms with van der Waals surface area (Å²) in [6.07, 6.45) is 3.90. The number of carbonyl (C=O) groups excluding carboxylic acids is 1. The Hall–Kier alpha value is -4.62. The summed E-state index contributed by atoms with van der Waals surface area (Å²) in [5.74, 6) is -0.799. The fraction of sp³-hybridized carbons (Fsp3) is 0.375. The lowest BCUT2D eigenvalue weighted by Crippen LogP contribution is -2.43. The summed E-state index contributed by atoms with van der Waals surface area (Å²) in [7, 11) is 0. The predicted octanol–water partition coefficient (Wildman–Crippen LogP) is 3.08. The molecule has 3 atom stereocenters. The number of aryl methyl sites for hydroxylation is 2. The van der Waals surface area contributed by atoms with Gasteiger partial charge in [-0.25, -0.2) is 4.79 Å². The minimum atomic E-state index is -0.943. The minimum absolute atomic E-state index is 0.112. The lowest BCUT2D eigenvalue weighted by molar-refractivity contribution is 0.1000. The van der Waals surface area contributed by atoms with Gasteiger partial charge in [0.15, 0.2) is 5.82 Å². The normalized spacial score (nSPS) is 19.0. The number of nitrogens with two attached hydrogens (primary N) is 2. The molecule has 0 bridgehead atoms. The first-order chi connectivity index (χ1) is 20.0. The van der Waals surface area contributed by atoms with E-state index in [1.165, 1.54) is 0 Å². The van der Waals surface area contributed by atoms with Gasteiger partial charge >= 0.3 is 5.76 Å². The van der Waals surface area contributed by atoms with Crippen LogP contribution in [0.5, 0.6) is 0 Å². The Morgan fingerprint density at radius 2 is 1.79 bits per heavy atom. The number of H-pyrrole nitrogens is 1. The zero-order valence-corrected chi connectivity index (χ0v) is 24.1. The summed E-state index contributed by atoms with van der Waals surface area (Å²) in [6.45, 7) is 12.7. The van der Waals surface area contributed by atoms with E-state index in [2.05, 4.69) is 46.5 Å². The molecule has 2 unspecified atom stereocenters. The van der Waals surface area contributed by atoms with E-state index in [-0.39, 0.29) is 12.1 Å². The third kappa shape index (κ3) is 5.35. The van der Waals surface area contributed by atoms with Crippen molar-refractivity contribution < 1.29 is 9.32 Å². The molecule has 10 heteroatoms. The van der Waals surface area contributed by atoms with E-state index in [1.54, 1.807) is 6.07 Å². The van der Waals surface area contributed by atoms with Crippen molar-refractivity contribution in [2.24, 2.45) is 11.5 Å². The van der Waals surface area contributed by atoms with Gasteiger partial charge in [0.05, 0.1) is 11.5 Å². The second-order valence-electron chi connectivity index (χ2n) is 11.5. The van der Waals surface area contributed by atoms with Crippen molar-refractivity contribution in [2.75, 3.05) is 6.54 Å². The summed E-state index contributed by atoms with van der Waals surface area (Å²) in [6, 6.07) is 13.7. The van der Waals surface area contributed by atoms with E-state index in [9.17, 15) is 14.9 Å². The van der Waals surface area contributed by atoms with Crippen molar-refractivity contribution in [3.8, 4) is 6.07 Å². The molecule has 2 aromatic carbocycles. The van der Waals surface area contributed by atoms with Crippen LogP contribution < -0.4 is 22.5 Å². The van der Waals surface area contributed by atoms with Crippen LogP contribution in [0, 0.1) is 11.3 Å². The second-order valence-corrected chi connectivity index (χ2v) is 11.5.